The number of hydrogen-bond acceptors (Lipinski definition) is 1. The first-order valence-electron chi connectivity index (χ1n) is 6.93. The Morgan fingerprint density at radius 3 is 1.50 bits per heavy atom. The molecule has 0 saturated heterocycles. The van der Waals surface area contributed by atoms with Gasteiger partial charge < -0.3 is 4.12 Å². The summed E-state index contributed by atoms with van der Waals surface area (Å²) in [4.78, 5) is 0. The third kappa shape index (κ3) is 3.18. The van der Waals surface area contributed by atoms with Gasteiger partial charge in [0.25, 0.3) is 8.32 Å². The highest BCUT2D eigenvalue weighted by Crippen LogP contribution is 2.16. The zero-order chi connectivity index (χ0) is 14.6. The van der Waals surface area contributed by atoms with Crippen LogP contribution in [0.1, 0.15) is 0 Å². The molecule has 1 nitrogen and oxygen atoms in total. The number of hydrogen-bond donors (Lipinski definition) is 0. The van der Waals surface area contributed by atoms with Crippen LogP contribution in [0.4, 0.5) is 0 Å². The van der Waals surface area contributed by atoms with E-state index in [0.717, 1.165) is 0 Å². The van der Waals surface area contributed by atoms with Crippen molar-refractivity contribution in [2.24, 2.45) is 0 Å². The Bertz CT molecular complexity index is 519. The van der Waals surface area contributed by atoms with Crippen LogP contribution in [0, 0.1) is 0 Å². The van der Waals surface area contributed by atoms with Crippen molar-refractivity contribution >= 4 is 27.0 Å². The zero-order valence-electron chi connectivity index (χ0n) is 12.5. The first-order valence-corrected chi connectivity index (χ1v) is 12.3. The summed E-state index contributed by atoms with van der Waals surface area (Å²) < 4.78 is 6.71. The van der Waals surface area contributed by atoms with Gasteiger partial charge in [-0.25, -0.2) is 0 Å². The Hall–Kier alpha value is -1.43. The third-order valence-corrected chi connectivity index (χ3v) is 9.85. The quantitative estimate of drug-likeness (QED) is 0.770. The van der Waals surface area contributed by atoms with Crippen LogP contribution >= 0.6 is 0 Å². The predicted molar refractivity (Wildman–Crippen MR) is 92.5 cm³/mol. The Balaban J connectivity index is 2.61. The molecule has 0 radical (unpaired) electrons. The molecule has 2 aromatic carbocycles. The summed E-state index contributed by atoms with van der Waals surface area (Å²) in [5, 5.41) is 2.53. The zero-order valence-corrected chi connectivity index (χ0v) is 14.5. The van der Waals surface area contributed by atoms with Crippen LogP contribution in [0.5, 0.6) is 0 Å². The molecule has 0 atom stereocenters. The highest BCUT2D eigenvalue weighted by molar-refractivity contribution is 7.05. The molecular formula is C17H22OSi2. The molecule has 104 valence electrons. The lowest BCUT2D eigenvalue weighted by Gasteiger charge is -2.35. The summed E-state index contributed by atoms with van der Waals surface area (Å²) in [6.07, 6.45) is 0. The van der Waals surface area contributed by atoms with Gasteiger partial charge in [0.05, 0.1) is 0 Å². The fraction of sp³-hybridized carbons (Fsp3) is 0.176. The van der Waals surface area contributed by atoms with Crippen molar-refractivity contribution in [2.75, 3.05) is 0 Å². The number of rotatable bonds is 5. The normalized spacial score (nSPS) is 12.2. The molecule has 20 heavy (non-hydrogen) atoms. The summed E-state index contributed by atoms with van der Waals surface area (Å²) in [7, 11) is -4.02. The molecule has 0 amide bonds. The SMILES string of the molecule is C=C[Si](O[Si](C)(C)C)(c1ccccc1)c1ccccc1. The van der Waals surface area contributed by atoms with E-state index in [2.05, 4.69) is 80.5 Å². The average Bonchev–Trinajstić information content (AvgIpc) is 2.46. The standard InChI is InChI=1S/C17H22OSi2/c1-5-20(18-19(2,3)4,16-12-8-6-9-13-16)17-14-10-7-11-15-17/h5-15H,1H2,2-4H3. The van der Waals surface area contributed by atoms with Crippen LogP contribution < -0.4 is 10.4 Å². The van der Waals surface area contributed by atoms with Crippen molar-refractivity contribution in [1.82, 2.24) is 0 Å². The van der Waals surface area contributed by atoms with Crippen molar-refractivity contribution in [3.63, 3.8) is 0 Å². The molecule has 3 heteroatoms. The second-order valence-corrected chi connectivity index (χ2v) is 14.0. The second kappa shape index (κ2) is 5.91. The molecule has 0 spiro atoms. The van der Waals surface area contributed by atoms with E-state index in [1.165, 1.54) is 10.4 Å². The van der Waals surface area contributed by atoms with Crippen LogP contribution in [-0.2, 0) is 4.12 Å². The van der Waals surface area contributed by atoms with E-state index < -0.39 is 16.6 Å². The van der Waals surface area contributed by atoms with Crippen molar-refractivity contribution < 1.29 is 4.12 Å². The van der Waals surface area contributed by atoms with Crippen LogP contribution in [0.25, 0.3) is 0 Å². The highest BCUT2D eigenvalue weighted by Gasteiger charge is 2.40. The first kappa shape index (κ1) is 15.0. The van der Waals surface area contributed by atoms with Gasteiger partial charge in [-0.1, -0.05) is 66.4 Å². The Morgan fingerprint density at radius 2 is 1.20 bits per heavy atom. The van der Waals surface area contributed by atoms with Gasteiger partial charge in [0.2, 0.25) is 0 Å². The van der Waals surface area contributed by atoms with Crippen LogP contribution in [0.3, 0.4) is 0 Å². The predicted octanol–water partition coefficient (Wildman–Crippen LogP) is 3.32. The monoisotopic (exact) mass is 298 g/mol. The van der Waals surface area contributed by atoms with E-state index in [0.29, 0.717) is 0 Å². The van der Waals surface area contributed by atoms with Crippen LogP contribution in [-0.4, -0.2) is 16.6 Å². The first-order chi connectivity index (χ1) is 9.48. The fourth-order valence-electron chi connectivity index (χ4n) is 2.42. The highest BCUT2D eigenvalue weighted by atomic mass is 28.4. The lowest BCUT2D eigenvalue weighted by molar-refractivity contribution is 0.578. The molecule has 2 aromatic rings. The minimum absolute atomic E-state index is 1.27. The van der Waals surface area contributed by atoms with Gasteiger partial charge in [-0.15, -0.1) is 6.58 Å². The average molecular weight is 299 g/mol. The summed E-state index contributed by atoms with van der Waals surface area (Å²) in [6.45, 7) is 10.8. The lowest BCUT2D eigenvalue weighted by atomic mass is 10.4. The maximum atomic E-state index is 6.71. The Kier molecular flexibility index (Phi) is 4.43. The van der Waals surface area contributed by atoms with Crippen molar-refractivity contribution in [3.8, 4) is 0 Å². The summed E-state index contributed by atoms with van der Waals surface area (Å²) in [5.74, 6) is 0. The molecule has 0 aliphatic carbocycles. The van der Waals surface area contributed by atoms with Crippen molar-refractivity contribution in [2.45, 2.75) is 19.6 Å². The summed E-state index contributed by atoms with van der Waals surface area (Å²) in [6, 6.07) is 21.1. The molecule has 0 aromatic heterocycles. The fourth-order valence-corrected chi connectivity index (χ4v) is 9.74. The van der Waals surface area contributed by atoms with Gasteiger partial charge in [0.15, 0.2) is 8.32 Å². The minimum Gasteiger partial charge on any atom is -0.446 e. The van der Waals surface area contributed by atoms with Gasteiger partial charge in [0.1, 0.15) is 0 Å². The van der Waals surface area contributed by atoms with Crippen LogP contribution in [0.15, 0.2) is 72.9 Å². The van der Waals surface area contributed by atoms with Gasteiger partial charge in [-0.2, -0.15) is 0 Å². The molecule has 0 unspecified atom stereocenters. The van der Waals surface area contributed by atoms with E-state index >= 15 is 0 Å². The molecule has 0 heterocycles. The van der Waals surface area contributed by atoms with Gasteiger partial charge in [-0.05, 0) is 30.0 Å². The van der Waals surface area contributed by atoms with E-state index in [1.807, 2.05) is 12.1 Å². The van der Waals surface area contributed by atoms with Gasteiger partial charge in [0, 0.05) is 0 Å². The smallest absolute Gasteiger partial charge is 0.270 e. The minimum atomic E-state index is -2.33. The molecule has 0 saturated carbocycles. The summed E-state index contributed by atoms with van der Waals surface area (Å²) in [5.41, 5.74) is 2.07. The largest absolute Gasteiger partial charge is 0.446 e. The Morgan fingerprint density at radius 1 is 0.800 bits per heavy atom. The number of benzene rings is 2. The van der Waals surface area contributed by atoms with Crippen molar-refractivity contribution in [3.05, 3.63) is 72.9 Å². The van der Waals surface area contributed by atoms with Gasteiger partial charge >= 0.3 is 0 Å². The maximum Gasteiger partial charge on any atom is 0.270 e. The van der Waals surface area contributed by atoms with Gasteiger partial charge in [-0.3, -0.25) is 0 Å². The molecule has 0 aliphatic heterocycles. The Labute approximate surface area is 124 Å². The summed E-state index contributed by atoms with van der Waals surface area (Å²) >= 11 is 0. The second-order valence-electron chi connectivity index (χ2n) is 5.89. The molecule has 0 aliphatic rings. The molecular weight excluding hydrogens is 276 g/mol. The molecule has 0 N–H and O–H groups in total. The van der Waals surface area contributed by atoms with E-state index in [4.69, 9.17) is 4.12 Å². The molecule has 0 bridgehead atoms. The topological polar surface area (TPSA) is 9.23 Å². The van der Waals surface area contributed by atoms with E-state index in [1.54, 1.807) is 0 Å². The third-order valence-electron chi connectivity index (χ3n) is 3.16. The van der Waals surface area contributed by atoms with E-state index in [9.17, 15) is 0 Å². The molecule has 2 rings (SSSR count). The van der Waals surface area contributed by atoms with E-state index in [-0.39, 0.29) is 0 Å². The maximum absolute atomic E-state index is 6.71. The molecule has 0 fully saturated rings. The van der Waals surface area contributed by atoms with Crippen molar-refractivity contribution in [1.29, 1.82) is 0 Å². The van der Waals surface area contributed by atoms with Crippen LogP contribution in [0.2, 0.25) is 19.6 Å². The lowest BCUT2D eigenvalue weighted by Crippen LogP contribution is -2.63.